The average Bonchev–Trinajstić information content (AvgIpc) is 3.54. The van der Waals surface area contributed by atoms with Crippen LogP contribution in [0.1, 0.15) is 34.2 Å². The number of halogens is 4. The van der Waals surface area contributed by atoms with Gasteiger partial charge in [-0.2, -0.15) is 8.78 Å². The van der Waals surface area contributed by atoms with E-state index in [1.165, 1.54) is 23.1 Å². The Bertz CT molecular complexity index is 1710. The molecule has 0 saturated carbocycles. The van der Waals surface area contributed by atoms with Crippen molar-refractivity contribution in [2.75, 3.05) is 11.4 Å². The lowest BCUT2D eigenvalue weighted by atomic mass is 10.0. The average molecular weight is 610 g/mol. The van der Waals surface area contributed by atoms with E-state index in [1.807, 2.05) is 29.8 Å². The van der Waals surface area contributed by atoms with Crippen LogP contribution in [0.4, 0.5) is 23.8 Å². The highest BCUT2D eigenvalue weighted by Crippen LogP contribution is 2.33. The van der Waals surface area contributed by atoms with Gasteiger partial charge in [-0.3, -0.25) is 19.9 Å². The number of imide groups is 1. The van der Waals surface area contributed by atoms with Crippen molar-refractivity contribution in [3.8, 4) is 17.1 Å². The topological polar surface area (TPSA) is 79.7 Å². The molecule has 0 unspecified atom stereocenters. The van der Waals surface area contributed by atoms with Crippen molar-refractivity contribution in [2.24, 2.45) is 7.05 Å². The van der Waals surface area contributed by atoms with Crippen molar-refractivity contribution in [1.29, 1.82) is 0 Å². The standard InChI is InChI=1S/C31H27ClF3N5O3/c1-38-28(40-10-9-27(41)37-31(40)42)14-36-29(38)19-7-8-20-15-39(17-22(20)13-19)16-21-6-5-18(12-26(21)43-30(34)35)11-23-24(32)3-2-4-25(23)33/h2-8,12-14,30H,9-11,15-17H2,1H3,(H,37,41,42). The number of imidazole rings is 1. The van der Waals surface area contributed by atoms with Gasteiger partial charge in [0.2, 0.25) is 5.91 Å². The number of carbonyl (C=O) groups is 2. The number of alkyl halides is 2. The third kappa shape index (κ3) is 5.95. The molecule has 3 amide bonds. The highest BCUT2D eigenvalue weighted by molar-refractivity contribution is 6.31. The first-order valence-corrected chi connectivity index (χ1v) is 14.0. The van der Waals surface area contributed by atoms with Crippen molar-refractivity contribution in [2.45, 2.75) is 39.1 Å². The molecule has 0 spiro atoms. The van der Waals surface area contributed by atoms with E-state index in [0.29, 0.717) is 48.0 Å². The van der Waals surface area contributed by atoms with Crippen molar-refractivity contribution < 1.29 is 27.5 Å². The van der Waals surface area contributed by atoms with Crippen LogP contribution in [0, 0.1) is 5.82 Å². The van der Waals surface area contributed by atoms with Gasteiger partial charge in [0.15, 0.2) is 0 Å². The summed E-state index contributed by atoms with van der Waals surface area (Å²) in [4.78, 5) is 32.0. The van der Waals surface area contributed by atoms with E-state index in [9.17, 15) is 22.8 Å². The largest absolute Gasteiger partial charge is 0.434 e. The molecule has 222 valence electrons. The Balaban J connectivity index is 1.19. The van der Waals surface area contributed by atoms with E-state index in [4.69, 9.17) is 16.3 Å². The van der Waals surface area contributed by atoms with Crippen LogP contribution in [0.3, 0.4) is 0 Å². The third-order valence-corrected chi connectivity index (χ3v) is 8.08. The molecular formula is C31H27ClF3N5O3. The van der Waals surface area contributed by atoms with Crippen LogP contribution in [0.2, 0.25) is 5.02 Å². The minimum Gasteiger partial charge on any atom is -0.434 e. The van der Waals surface area contributed by atoms with E-state index >= 15 is 0 Å². The molecule has 1 aromatic heterocycles. The van der Waals surface area contributed by atoms with Gasteiger partial charge in [0.25, 0.3) is 0 Å². The van der Waals surface area contributed by atoms with Gasteiger partial charge >= 0.3 is 12.6 Å². The molecular weight excluding hydrogens is 583 g/mol. The fourth-order valence-corrected chi connectivity index (χ4v) is 5.84. The second kappa shape index (κ2) is 11.7. The van der Waals surface area contributed by atoms with Crippen molar-refractivity contribution in [1.82, 2.24) is 19.8 Å². The number of urea groups is 1. The van der Waals surface area contributed by atoms with Crippen LogP contribution in [-0.2, 0) is 37.9 Å². The van der Waals surface area contributed by atoms with Gasteiger partial charge < -0.3 is 9.30 Å². The lowest BCUT2D eigenvalue weighted by Crippen LogP contribution is -2.50. The first kappa shape index (κ1) is 28.8. The van der Waals surface area contributed by atoms with Gasteiger partial charge in [-0.1, -0.05) is 41.9 Å². The molecule has 1 fully saturated rings. The molecule has 43 heavy (non-hydrogen) atoms. The minimum atomic E-state index is -3.01. The quantitative estimate of drug-likeness (QED) is 0.264. The minimum absolute atomic E-state index is 0.0422. The molecule has 1 N–H and O–H groups in total. The van der Waals surface area contributed by atoms with E-state index < -0.39 is 18.5 Å². The Morgan fingerprint density at radius 1 is 1.07 bits per heavy atom. The number of amides is 3. The fourth-order valence-electron chi connectivity index (χ4n) is 5.61. The molecule has 12 heteroatoms. The lowest BCUT2D eigenvalue weighted by molar-refractivity contribution is -0.120. The predicted octanol–water partition coefficient (Wildman–Crippen LogP) is 6.03. The van der Waals surface area contributed by atoms with Crippen molar-refractivity contribution in [3.63, 3.8) is 0 Å². The monoisotopic (exact) mass is 609 g/mol. The Hall–Kier alpha value is -4.35. The molecule has 3 aromatic carbocycles. The molecule has 0 bridgehead atoms. The molecule has 4 aromatic rings. The Kier molecular flexibility index (Phi) is 7.85. The number of anilines is 1. The number of rotatable bonds is 8. The summed E-state index contributed by atoms with van der Waals surface area (Å²) in [6.45, 7) is -1.18. The first-order chi connectivity index (χ1) is 20.7. The van der Waals surface area contributed by atoms with Crippen LogP contribution in [-0.4, -0.2) is 39.5 Å². The summed E-state index contributed by atoms with van der Waals surface area (Å²) >= 11 is 6.17. The first-order valence-electron chi connectivity index (χ1n) is 13.6. The Morgan fingerprint density at radius 2 is 1.88 bits per heavy atom. The summed E-state index contributed by atoms with van der Waals surface area (Å²) in [6, 6.07) is 15.0. The zero-order valence-electron chi connectivity index (χ0n) is 23.1. The number of carbonyl (C=O) groups excluding carboxylic acids is 2. The van der Waals surface area contributed by atoms with Gasteiger partial charge in [0.05, 0.1) is 6.20 Å². The van der Waals surface area contributed by atoms with Crippen molar-refractivity contribution in [3.05, 3.63) is 99.5 Å². The second-order valence-electron chi connectivity index (χ2n) is 10.6. The molecule has 0 radical (unpaired) electrons. The summed E-state index contributed by atoms with van der Waals surface area (Å²) in [5.41, 5.74) is 4.52. The van der Waals surface area contributed by atoms with Gasteiger partial charge in [-0.25, -0.2) is 14.2 Å². The maximum absolute atomic E-state index is 14.3. The van der Waals surface area contributed by atoms with E-state index in [2.05, 4.69) is 15.2 Å². The van der Waals surface area contributed by atoms with Crippen LogP contribution in [0.25, 0.3) is 11.4 Å². The number of ether oxygens (including phenoxy) is 1. The number of hydrogen-bond acceptors (Lipinski definition) is 5. The SMILES string of the molecule is Cn1c(N2CCC(=O)NC2=O)cnc1-c1ccc2c(c1)CN(Cc1ccc(Cc3c(F)cccc3Cl)cc1OC(F)F)C2. The van der Waals surface area contributed by atoms with Crippen LogP contribution < -0.4 is 15.0 Å². The maximum Gasteiger partial charge on any atom is 0.387 e. The maximum atomic E-state index is 14.3. The fraction of sp³-hybridized carbons (Fsp3) is 0.258. The summed E-state index contributed by atoms with van der Waals surface area (Å²) < 4.78 is 47.7. The molecule has 0 atom stereocenters. The highest BCUT2D eigenvalue weighted by atomic mass is 35.5. The second-order valence-corrected chi connectivity index (χ2v) is 11.0. The summed E-state index contributed by atoms with van der Waals surface area (Å²) in [6.07, 6.45) is 1.96. The Labute approximate surface area is 250 Å². The normalized spacial score (nSPS) is 15.3. The smallest absolute Gasteiger partial charge is 0.387 e. The molecule has 6 rings (SSSR count). The van der Waals surface area contributed by atoms with Gasteiger partial charge in [0.1, 0.15) is 23.2 Å². The summed E-state index contributed by atoms with van der Waals surface area (Å²) in [5.74, 6) is 0.523. The van der Waals surface area contributed by atoms with Crippen molar-refractivity contribution >= 4 is 29.4 Å². The van der Waals surface area contributed by atoms with Gasteiger partial charge in [0, 0.05) is 67.8 Å². The molecule has 1 saturated heterocycles. The number of hydrogen-bond donors (Lipinski definition) is 1. The number of benzene rings is 3. The van der Waals surface area contributed by atoms with Crippen LogP contribution in [0.5, 0.6) is 5.75 Å². The van der Waals surface area contributed by atoms with E-state index in [0.717, 1.165) is 16.7 Å². The molecule has 2 aliphatic heterocycles. The molecule has 8 nitrogen and oxygen atoms in total. The highest BCUT2D eigenvalue weighted by Gasteiger charge is 2.28. The van der Waals surface area contributed by atoms with Gasteiger partial charge in [-0.05, 0) is 41.0 Å². The van der Waals surface area contributed by atoms with Crippen LogP contribution >= 0.6 is 11.6 Å². The zero-order chi connectivity index (χ0) is 30.2. The van der Waals surface area contributed by atoms with Crippen LogP contribution in [0.15, 0.2) is 60.8 Å². The Morgan fingerprint density at radius 3 is 2.65 bits per heavy atom. The molecule has 3 heterocycles. The lowest BCUT2D eigenvalue weighted by Gasteiger charge is -2.26. The zero-order valence-corrected chi connectivity index (χ0v) is 23.9. The molecule has 2 aliphatic rings. The number of fused-ring (bicyclic) bond motifs is 1. The summed E-state index contributed by atoms with van der Waals surface area (Å²) in [5, 5.41) is 2.59. The number of aromatic nitrogens is 2. The predicted molar refractivity (Wildman–Crippen MR) is 154 cm³/mol. The van der Waals surface area contributed by atoms with E-state index in [-0.39, 0.29) is 36.1 Å². The van der Waals surface area contributed by atoms with Gasteiger partial charge in [-0.15, -0.1) is 0 Å². The molecule has 0 aliphatic carbocycles. The summed E-state index contributed by atoms with van der Waals surface area (Å²) in [7, 11) is 1.81. The number of nitrogens with zero attached hydrogens (tertiary/aromatic N) is 4. The number of nitrogens with one attached hydrogen (secondary N) is 1. The van der Waals surface area contributed by atoms with E-state index in [1.54, 1.807) is 24.4 Å². The third-order valence-electron chi connectivity index (χ3n) is 7.73.